The third kappa shape index (κ3) is 4.87. The van der Waals surface area contributed by atoms with Gasteiger partial charge in [0.05, 0.1) is 44.1 Å². The lowest BCUT2D eigenvalue weighted by Crippen LogP contribution is -3.14. The normalized spacial score (nSPS) is 15.4. The molecule has 0 bridgehead atoms. The summed E-state index contributed by atoms with van der Waals surface area (Å²) < 4.78 is 0. The van der Waals surface area contributed by atoms with E-state index in [4.69, 9.17) is 11.6 Å². The number of likely N-dealkylation sites (N-methyl/N-ethyl adjacent to an activating group) is 1. The van der Waals surface area contributed by atoms with E-state index < -0.39 is 0 Å². The SMILES string of the molecule is CC[NH+]1CCN(c2ccc(Cl)cc2NC(=O)/C=C/c2ccccc2)CC1. The monoisotopic (exact) mass is 370 g/mol. The molecule has 0 aliphatic carbocycles. The van der Waals surface area contributed by atoms with Gasteiger partial charge in [-0.1, -0.05) is 41.9 Å². The van der Waals surface area contributed by atoms with Crippen LogP contribution in [-0.2, 0) is 4.79 Å². The fourth-order valence-electron chi connectivity index (χ4n) is 3.21. The number of carbonyl (C=O) groups excluding carboxylic acids is 1. The number of hydrogen-bond acceptors (Lipinski definition) is 2. The lowest BCUT2D eigenvalue weighted by atomic mass is 10.2. The molecule has 0 radical (unpaired) electrons. The van der Waals surface area contributed by atoms with Gasteiger partial charge in [-0.05, 0) is 36.8 Å². The molecule has 4 nitrogen and oxygen atoms in total. The minimum absolute atomic E-state index is 0.157. The Bertz CT molecular complexity index is 768. The first-order valence-electron chi connectivity index (χ1n) is 9.08. The first-order chi connectivity index (χ1) is 12.7. The lowest BCUT2D eigenvalue weighted by Gasteiger charge is -2.34. The van der Waals surface area contributed by atoms with Gasteiger partial charge in [0.25, 0.3) is 0 Å². The first kappa shape index (κ1) is 18.5. The predicted octanol–water partition coefficient (Wildman–Crippen LogP) is 2.72. The molecule has 1 amide bonds. The van der Waals surface area contributed by atoms with Gasteiger partial charge in [-0.3, -0.25) is 4.79 Å². The third-order valence-corrected chi connectivity index (χ3v) is 4.99. The van der Waals surface area contributed by atoms with Gasteiger partial charge in [0.2, 0.25) is 5.91 Å². The molecule has 0 unspecified atom stereocenters. The zero-order valence-corrected chi connectivity index (χ0v) is 15.8. The van der Waals surface area contributed by atoms with Crippen molar-refractivity contribution >= 4 is 35.0 Å². The summed E-state index contributed by atoms with van der Waals surface area (Å²) in [6, 6.07) is 15.5. The number of carbonyl (C=O) groups is 1. The molecular weight excluding hydrogens is 346 g/mol. The number of halogens is 1. The summed E-state index contributed by atoms with van der Waals surface area (Å²) in [6.45, 7) is 7.56. The van der Waals surface area contributed by atoms with Gasteiger partial charge in [-0.25, -0.2) is 0 Å². The van der Waals surface area contributed by atoms with Gasteiger partial charge < -0.3 is 15.1 Å². The molecule has 1 aliphatic heterocycles. The first-order valence-corrected chi connectivity index (χ1v) is 9.45. The Hall–Kier alpha value is -2.30. The second kappa shape index (κ2) is 8.88. The fraction of sp³-hybridized carbons (Fsp3) is 0.286. The van der Waals surface area contributed by atoms with Crippen LogP contribution in [0.1, 0.15) is 12.5 Å². The molecule has 5 heteroatoms. The van der Waals surface area contributed by atoms with Crippen LogP contribution in [0.5, 0.6) is 0 Å². The summed E-state index contributed by atoms with van der Waals surface area (Å²) in [5, 5.41) is 3.60. The van der Waals surface area contributed by atoms with Gasteiger partial charge >= 0.3 is 0 Å². The number of anilines is 2. The van der Waals surface area contributed by atoms with Gasteiger partial charge in [0.15, 0.2) is 0 Å². The van der Waals surface area contributed by atoms with E-state index in [2.05, 4.69) is 17.1 Å². The Kier molecular flexibility index (Phi) is 6.31. The molecule has 136 valence electrons. The van der Waals surface area contributed by atoms with Crippen LogP contribution in [0.25, 0.3) is 6.08 Å². The summed E-state index contributed by atoms with van der Waals surface area (Å²) >= 11 is 6.17. The van der Waals surface area contributed by atoms with Crippen molar-refractivity contribution in [3.8, 4) is 0 Å². The van der Waals surface area contributed by atoms with Crippen molar-refractivity contribution in [3.05, 3.63) is 65.2 Å². The Morgan fingerprint density at radius 2 is 1.92 bits per heavy atom. The van der Waals surface area contributed by atoms with Gasteiger partial charge in [0, 0.05) is 11.1 Å². The molecule has 2 aromatic carbocycles. The number of rotatable bonds is 5. The topological polar surface area (TPSA) is 36.8 Å². The van der Waals surface area contributed by atoms with Gasteiger partial charge in [-0.15, -0.1) is 0 Å². The summed E-state index contributed by atoms with van der Waals surface area (Å²) in [7, 11) is 0. The van der Waals surface area contributed by atoms with E-state index in [0.29, 0.717) is 5.02 Å². The van der Waals surface area contributed by atoms with Crippen molar-refractivity contribution in [3.63, 3.8) is 0 Å². The summed E-state index contributed by atoms with van der Waals surface area (Å²) in [5.41, 5.74) is 2.79. The zero-order chi connectivity index (χ0) is 18.4. The summed E-state index contributed by atoms with van der Waals surface area (Å²) in [6.07, 6.45) is 3.36. The molecule has 0 saturated carbocycles. The van der Waals surface area contributed by atoms with Gasteiger partial charge in [-0.2, -0.15) is 0 Å². The van der Waals surface area contributed by atoms with Crippen molar-refractivity contribution in [1.29, 1.82) is 0 Å². The van der Waals surface area contributed by atoms with E-state index in [-0.39, 0.29) is 5.91 Å². The average molecular weight is 371 g/mol. The molecule has 1 fully saturated rings. The molecule has 26 heavy (non-hydrogen) atoms. The van der Waals surface area contributed by atoms with Crippen molar-refractivity contribution in [2.45, 2.75) is 6.92 Å². The molecule has 0 aromatic heterocycles. The lowest BCUT2D eigenvalue weighted by molar-refractivity contribution is -0.898. The number of benzene rings is 2. The van der Waals surface area contributed by atoms with E-state index in [1.165, 1.54) is 0 Å². The Labute approximate surface area is 160 Å². The third-order valence-electron chi connectivity index (χ3n) is 4.75. The molecular formula is C21H25ClN3O+. The average Bonchev–Trinajstić information content (AvgIpc) is 2.67. The second-order valence-electron chi connectivity index (χ2n) is 6.49. The van der Waals surface area contributed by atoms with Crippen LogP contribution >= 0.6 is 11.6 Å². The molecule has 1 heterocycles. The Morgan fingerprint density at radius 1 is 1.19 bits per heavy atom. The van der Waals surface area contributed by atoms with Crippen molar-refractivity contribution < 1.29 is 9.69 Å². The number of amides is 1. The highest BCUT2D eigenvalue weighted by molar-refractivity contribution is 6.31. The standard InChI is InChI=1S/C21H24ClN3O/c1-2-24-12-14-25(15-13-24)20-10-9-18(22)16-19(20)23-21(26)11-8-17-6-4-3-5-7-17/h3-11,16H,2,12-15H2,1H3,(H,23,26)/p+1/b11-8+. The largest absolute Gasteiger partial charge is 0.359 e. The summed E-state index contributed by atoms with van der Waals surface area (Å²) in [4.78, 5) is 16.3. The quantitative estimate of drug-likeness (QED) is 0.794. The molecule has 2 N–H and O–H groups in total. The van der Waals surface area contributed by atoms with Crippen LogP contribution in [0.3, 0.4) is 0 Å². The highest BCUT2D eigenvalue weighted by Crippen LogP contribution is 2.29. The van der Waals surface area contributed by atoms with Crippen molar-refractivity contribution in [1.82, 2.24) is 0 Å². The maximum absolute atomic E-state index is 12.4. The van der Waals surface area contributed by atoms with Crippen LogP contribution in [0, 0.1) is 0 Å². The van der Waals surface area contributed by atoms with Crippen LogP contribution in [0.15, 0.2) is 54.6 Å². The molecule has 0 spiro atoms. The van der Waals surface area contributed by atoms with Crippen molar-refractivity contribution in [2.75, 3.05) is 42.9 Å². The molecule has 0 atom stereocenters. The van der Waals surface area contributed by atoms with E-state index in [1.807, 2.05) is 54.6 Å². The molecule has 3 rings (SSSR count). The van der Waals surface area contributed by atoms with E-state index in [1.54, 1.807) is 11.0 Å². The van der Waals surface area contributed by atoms with E-state index in [9.17, 15) is 4.79 Å². The number of piperazine rings is 1. The Morgan fingerprint density at radius 3 is 2.62 bits per heavy atom. The van der Waals surface area contributed by atoms with Crippen LogP contribution in [-0.4, -0.2) is 38.6 Å². The minimum atomic E-state index is -0.157. The predicted molar refractivity (Wildman–Crippen MR) is 109 cm³/mol. The van der Waals surface area contributed by atoms with Crippen LogP contribution < -0.4 is 15.1 Å². The number of hydrogen-bond donors (Lipinski definition) is 2. The van der Waals surface area contributed by atoms with E-state index in [0.717, 1.165) is 49.7 Å². The van der Waals surface area contributed by atoms with Gasteiger partial charge in [0.1, 0.15) is 0 Å². The fourth-order valence-corrected chi connectivity index (χ4v) is 3.38. The molecule has 1 aliphatic rings. The van der Waals surface area contributed by atoms with Crippen LogP contribution in [0.2, 0.25) is 5.02 Å². The summed E-state index contributed by atoms with van der Waals surface area (Å²) in [5.74, 6) is -0.157. The zero-order valence-electron chi connectivity index (χ0n) is 15.0. The highest BCUT2D eigenvalue weighted by atomic mass is 35.5. The maximum Gasteiger partial charge on any atom is 0.248 e. The highest BCUT2D eigenvalue weighted by Gasteiger charge is 2.21. The Balaban J connectivity index is 1.72. The minimum Gasteiger partial charge on any atom is -0.359 e. The van der Waals surface area contributed by atoms with E-state index >= 15 is 0 Å². The maximum atomic E-state index is 12.4. The number of quaternary nitrogens is 1. The van der Waals surface area contributed by atoms with Crippen LogP contribution in [0.4, 0.5) is 11.4 Å². The smallest absolute Gasteiger partial charge is 0.248 e. The van der Waals surface area contributed by atoms with Crippen molar-refractivity contribution in [2.24, 2.45) is 0 Å². The number of nitrogens with zero attached hydrogens (tertiary/aromatic N) is 1. The number of nitrogens with one attached hydrogen (secondary N) is 2. The molecule has 2 aromatic rings. The molecule has 1 saturated heterocycles. The second-order valence-corrected chi connectivity index (χ2v) is 6.92.